The van der Waals surface area contributed by atoms with Gasteiger partial charge in [-0.3, -0.25) is 0 Å². The number of hydrogen-bond donors (Lipinski definition) is 0. The Morgan fingerprint density at radius 3 is 2.60 bits per heavy atom. The molecule has 0 aliphatic heterocycles. The van der Waals surface area contributed by atoms with E-state index >= 15 is 0 Å². The third kappa shape index (κ3) is 2.18. The van der Waals surface area contributed by atoms with Gasteiger partial charge in [-0.1, -0.05) is 18.2 Å². The predicted octanol–water partition coefficient (Wildman–Crippen LogP) is 3.52. The first-order valence-electron chi connectivity index (χ1n) is 4.57. The highest BCUT2D eigenvalue weighted by molar-refractivity contribution is 9.10. The minimum Gasteiger partial charge on any atom is -0.496 e. The van der Waals surface area contributed by atoms with Crippen molar-refractivity contribution >= 4 is 15.9 Å². The molecule has 2 nitrogen and oxygen atoms in total. The molecule has 3 heteroatoms. The van der Waals surface area contributed by atoms with Crippen molar-refractivity contribution in [3.8, 4) is 17.0 Å². The van der Waals surface area contributed by atoms with Gasteiger partial charge >= 0.3 is 0 Å². The van der Waals surface area contributed by atoms with Gasteiger partial charge in [0.1, 0.15) is 10.4 Å². The number of pyridine rings is 1. The molecule has 1 aromatic heterocycles. The number of rotatable bonds is 2. The Hall–Kier alpha value is -1.35. The van der Waals surface area contributed by atoms with Crippen molar-refractivity contribution in [2.75, 3.05) is 7.11 Å². The largest absolute Gasteiger partial charge is 0.496 e. The zero-order valence-electron chi connectivity index (χ0n) is 8.27. The maximum atomic E-state index is 5.28. The van der Waals surface area contributed by atoms with E-state index in [1.54, 1.807) is 7.11 Å². The van der Waals surface area contributed by atoms with E-state index in [-0.39, 0.29) is 0 Å². The van der Waals surface area contributed by atoms with Crippen LogP contribution in [0.5, 0.6) is 5.75 Å². The summed E-state index contributed by atoms with van der Waals surface area (Å²) >= 11 is 3.35. The second-order valence-corrected chi connectivity index (χ2v) is 3.86. The smallest absolute Gasteiger partial charge is 0.128 e. The van der Waals surface area contributed by atoms with E-state index in [4.69, 9.17) is 4.74 Å². The van der Waals surface area contributed by atoms with Gasteiger partial charge in [0.2, 0.25) is 0 Å². The molecular formula is C12H10BrNO. The molecule has 0 aliphatic carbocycles. The average molecular weight is 264 g/mol. The van der Waals surface area contributed by atoms with Crippen molar-refractivity contribution in [2.45, 2.75) is 0 Å². The summed E-state index contributed by atoms with van der Waals surface area (Å²) in [5, 5.41) is 0. The topological polar surface area (TPSA) is 22.1 Å². The highest BCUT2D eigenvalue weighted by atomic mass is 79.9. The summed E-state index contributed by atoms with van der Waals surface area (Å²) in [4.78, 5) is 4.39. The lowest BCUT2D eigenvalue weighted by molar-refractivity contribution is 0.416. The summed E-state index contributed by atoms with van der Waals surface area (Å²) in [5.41, 5.74) is 1.91. The van der Waals surface area contributed by atoms with E-state index in [9.17, 15) is 0 Å². The molecule has 0 radical (unpaired) electrons. The second kappa shape index (κ2) is 4.45. The van der Waals surface area contributed by atoms with Crippen LogP contribution in [0.1, 0.15) is 0 Å². The predicted molar refractivity (Wildman–Crippen MR) is 63.9 cm³/mol. The maximum Gasteiger partial charge on any atom is 0.128 e. The Labute approximate surface area is 97.1 Å². The number of ether oxygens (including phenoxy) is 1. The molecule has 0 atom stereocenters. The molecule has 0 amide bonds. The van der Waals surface area contributed by atoms with Crippen LogP contribution in [0.3, 0.4) is 0 Å². The lowest BCUT2D eigenvalue weighted by atomic mass is 10.1. The summed E-state index contributed by atoms with van der Waals surface area (Å²) in [6.45, 7) is 0. The van der Waals surface area contributed by atoms with Gasteiger partial charge < -0.3 is 4.74 Å². The lowest BCUT2D eigenvalue weighted by Gasteiger charge is -2.07. The van der Waals surface area contributed by atoms with Crippen LogP contribution in [0.2, 0.25) is 0 Å². The monoisotopic (exact) mass is 263 g/mol. The number of nitrogens with zero attached hydrogens (tertiary/aromatic N) is 1. The van der Waals surface area contributed by atoms with Crippen LogP contribution in [-0.4, -0.2) is 12.1 Å². The molecule has 0 aliphatic rings. The fraction of sp³-hybridized carbons (Fsp3) is 0.0833. The van der Waals surface area contributed by atoms with E-state index < -0.39 is 0 Å². The standard InChI is InChI=1S/C12H10BrNO/c1-15-11-7-3-2-5-9(11)10-6-4-8-12(13)14-10/h2-8H,1H3. The number of hydrogen-bond acceptors (Lipinski definition) is 2. The van der Waals surface area contributed by atoms with E-state index in [2.05, 4.69) is 20.9 Å². The van der Waals surface area contributed by atoms with Crippen molar-refractivity contribution in [2.24, 2.45) is 0 Å². The minimum atomic E-state index is 0.825. The molecule has 0 bridgehead atoms. The van der Waals surface area contributed by atoms with Crippen LogP contribution in [0.25, 0.3) is 11.3 Å². The molecule has 0 saturated carbocycles. The molecule has 0 spiro atoms. The van der Waals surface area contributed by atoms with Gasteiger partial charge in [0.25, 0.3) is 0 Å². The van der Waals surface area contributed by atoms with Gasteiger partial charge in [0.05, 0.1) is 12.8 Å². The molecular weight excluding hydrogens is 254 g/mol. The van der Waals surface area contributed by atoms with Crippen molar-refractivity contribution in [1.82, 2.24) is 4.98 Å². The zero-order valence-corrected chi connectivity index (χ0v) is 9.86. The van der Waals surface area contributed by atoms with Crippen molar-refractivity contribution in [3.63, 3.8) is 0 Å². The third-order valence-corrected chi connectivity index (χ3v) is 2.54. The fourth-order valence-electron chi connectivity index (χ4n) is 1.41. The van der Waals surface area contributed by atoms with E-state index in [0.717, 1.165) is 21.6 Å². The Morgan fingerprint density at radius 1 is 1.07 bits per heavy atom. The lowest BCUT2D eigenvalue weighted by Crippen LogP contribution is -1.89. The Morgan fingerprint density at radius 2 is 1.87 bits per heavy atom. The summed E-state index contributed by atoms with van der Waals surface area (Å²) < 4.78 is 6.11. The molecule has 1 heterocycles. The van der Waals surface area contributed by atoms with Crippen LogP contribution in [-0.2, 0) is 0 Å². The molecule has 0 unspecified atom stereocenters. The summed E-state index contributed by atoms with van der Waals surface area (Å²) in [5.74, 6) is 0.836. The van der Waals surface area contributed by atoms with Gasteiger partial charge in [-0.05, 0) is 40.2 Å². The van der Waals surface area contributed by atoms with Gasteiger partial charge in [-0.2, -0.15) is 0 Å². The summed E-state index contributed by atoms with van der Waals surface area (Å²) in [6, 6.07) is 13.7. The van der Waals surface area contributed by atoms with Crippen LogP contribution < -0.4 is 4.74 Å². The zero-order chi connectivity index (χ0) is 10.7. The fourth-order valence-corrected chi connectivity index (χ4v) is 1.76. The van der Waals surface area contributed by atoms with Gasteiger partial charge in [-0.15, -0.1) is 0 Å². The maximum absolute atomic E-state index is 5.28. The van der Waals surface area contributed by atoms with Crippen molar-refractivity contribution in [3.05, 3.63) is 47.1 Å². The summed E-state index contributed by atoms with van der Waals surface area (Å²) in [6.07, 6.45) is 0. The van der Waals surface area contributed by atoms with Gasteiger partial charge in [-0.25, -0.2) is 4.98 Å². The number of aromatic nitrogens is 1. The van der Waals surface area contributed by atoms with Crippen molar-refractivity contribution < 1.29 is 4.74 Å². The average Bonchev–Trinajstić information content (AvgIpc) is 2.29. The Kier molecular flexibility index (Phi) is 3.02. The Balaban J connectivity index is 2.53. The molecule has 2 rings (SSSR count). The van der Waals surface area contributed by atoms with E-state index in [1.165, 1.54) is 0 Å². The second-order valence-electron chi connectivity index (χ2n) is 3.05. The normalized spacial score (nSPS) is 10.0. The highest BCUT2D eigenvalue weighted by Crippen LogP contribution is 2.28. The molecule has 1 aromatic carbocycles. The van der Waals surface area contributed by atoms with Crippen LogP contribution in [0.15, 0.2) is 47.1 Å². The van der Waals surface area contributed by atoms with Crippen molar-refractivity contribution in [1.29, 1.82) is 0 Å². The van der Waals surface area contributed by atoms with E-state index in [1.807, 2.05) is 42.5 Å². The first-order chi connectivity index (χ1) is 7.31. The van der Waals surface area contributed by atoms with Crippen LogP contribution in [0.4, 0.5) is 0 Å². The molecule has 0 saturated heterocycles. The van der Waals surface area contributed by atoms with Crippen LogP contribution in [0, 0.1) is 0 Å². The summed E-state index contributed by atoms with van der Waals surface area (Å²) in [7, 11) is 1.66. The first-order valence-corrected chi connectivity index (χ1v) is 5.36. The van der Waals surface area contributed by atoms with Gasteiger partial charge in [0.15, 0.2) is 0 Å². The molecule has 2 aromatic rings. The number of methoxy groups -OCH3 is 1. The molecule has 15 heavy (non-hydrogen) atoms. The Bertz CT molecular complexity index is 471. The van der Waals surface area contributed by atoms with Crippen LogP contribution >= 0.6 is 15.9 Å². The minimum absolute atomic E-state index is 0.825. The number of benzene rings is 1. The molecule has 0 N–H and O–H groups in total. The van der Waals surface area contributed by atoms with E-state index in [0.29, 0.717) is 0 Å². The number of halogens is 1. The molecule has 76 valence electrons. The highest BCUT2D eigenvalue weighted by Gasteiger charge is 2.05. The SMILES string of the molecule is COc1ccccc1-c1cccc(Br)n1. The quantitative estimate of drug-likeness (QED) is 0.774. The first kappa shape index (κ1) is 10.2. The molecule has 0 fully saturated rings. The number of para-hydroxylation sites is 1. The van der Waals surface area contributed by atoms with Gasteiger partial charge in [0, 0.05) is 5.56 Å². The third-order valence-electron chi connectivity index (χ3n) is 2.10.